The van der Waals surface area contributed by atoms with Gasteiger partial charge in [-0.2, -0.15) is 0 Å². The Morgan fingerprint density at radius 2 is 1.68 bits per heavy atom. The molecule has 0 bridgehead atoms. The van der Waals surface area contributed by atoms with Crippen LogP contribution in [0.2, 0.25) is 0 Å². The molecule has 2 rings (SSSR count). The maximum Gasteiger partial charge on any atom is 0.117 e. The summed E-state index contributed by atoms with van der Waals surface area (Å²) in [4.78, 5) is 0. The van der Waals surface area contributed by atoms with Gasteiger partial charge < -0.3 is 10.2 Å². The minimum absolute atomic E-state index is 0.379. The zero-order valence-corrected chi connectivity index (χ0v) is 12.1. The average molecular weight is 277 g/mol. The molecule has 0 spiro atoms. The van der Waals surface area contributed by atoms with Crippen molar-refractivity contribution < 1.29 is 8.63 Å². The van der Waals surface area contributed by atoms with Crippen molar-refractivity contribution in [2.45, 2.75) is 31.9 Å². The minimum atomic E-state index is -0.962. The first-order chi connectivity index (χ1) is 9.06. The van der Waals surface area contributed by atoms with E-state index in [-0.39, 0.29) is 0 Å². The zero-order valence-electron chi connectivity index (χ0n) is 11.3. The third-order valence-electron chi connectivity index (χ3n) is 2.83. The maximum atomic E-state index is 12.1. The molecule has 0 saturated carbocycles. The predicted molar refractivity (Wildman–Crippen MR) is 78.1 cm³/mol. The van der Waals surface area contributed by atoms with Gasteiger partial charge in [-0.1, -0.05) is 29.3 Å². The Balaban J connectivity index is 2.00. The lowest BCUT2D eigenvalue weighted by atomic mass is 10.1. The third kappa shape index (κ3) is 4.04. The molecule has 1 aromatic carbocycles. The molecular formula is C15H19NO2S. The molecule has 4 heteroatoms. The summed E-state index contributed by atoms with van der Waals surface area (Å²) >= 11 is 0. The van der Waals surface area contributed by atoms with Gasteiger partial charge in [-0.15, -0.1) is 0 Å². The van der Waals surface area contributed by atoms with E-state index in [0.717, 1.165) is 17.1 Å². The van der Waals surface area contributed by atoms with Crippen LogP contribution in [0.25, 0.3) is 0 Å². The molecule has 3 nitrogen and oxygen atoms in total. The molecule has 0 aliphatic heterocycles. The van der Waals surface area contributed by atoms with Gasteiger partial charge in [0.1, 0.15) is 11.5 Å². The van der Waals surface area contributed by atoms with Gasteiger partial charge in [0.15, 0.2) is 0 Å². The summed E-state index contributed by atoms with van der Waals surface area (Å²) in [5.74, 6) is 2.47. The lowest BCUT2D eigenvalue weighted by Crippen LogP contribution is -2.00. The van der Waals surface area contributed by atoms with Crippen LogP contribution in [0.5, 0.6) is 0 Å². The standard InChI is InChI=1S/C15H19NO2S/c1-11-5-12(2)7-13(6-11)9-19(17)10-15-4-3-14(8-16)18-15/h3-7H,8-10,16H2,1-2H3. The molecule has 1 unspecified atom stereocenters. The number of aryl methyl sites for hydroxylation is 2. The van der Waals surface area contributed by atoms with Crippen molar-refractivity contribution in [3.8, 4) is 0 Å². The number of hydrogen-bond donors (Lipinski definition) is 1. The molecule has 1 aromatic heterocycles. The lowest BCUT2D eigenvalue weighted by molar-refractivity contribution is 0.481. The Morgan fingerprint density at radius 1 is 1.05 bits per heavy atom. The van der Waals surface area contributed by atoms with E-state index < -0.39 is 10.8 Å². The summed E-state index contributed by atoms with van der Waals surface area (Å²) in [6.07, 6.45) is 0. The number of furan rings is 1. The van der Waals surface area contributed by atoms with E-state index in [9.17, 15) is 4.21 Å². The molecule has 2 aromatic rings. The van der Waals surface area contributed by atoms with Gasteiger partial charge in [0.2, 0.25) is 0 Å². The van der Waals surface area contributed by atoms with Gasteiger partial charge in [-0.3, -0.25) is 4.21 Å². The van der Waals surface area contributed by atoms with E-state index in [2.05, 4.69) is 32.0 Å². The van der Waals surface area contributed by atoms with Crippen molar-refractivity contribution in [2.75, 3.05) is 0 Å². The molecule has 0 saturated heterocycles. The highest BCUT2D eigenvalue weighted by Crippen LogP contribution is 2.14. The molecule has 1 heterocycles. The van der Waals surface area contributed by atoms with Crippen molar-refractivity contribution in [1.82, 2.24) is 0 Å². The maximum absolute atomic E-state index is 12.1. The van der Waals surface area contributed by atoms with Crippen LogP contribution >= 0.6 is 0 Å². The number of rotatable bonds is 5. The second-order valence-electron chi connectivity index (χ2n) is 4.80. The highest BCUT2D eigenvalue weighted by atomic mass is 32.2. The van der Waals surface area contributed by atoms with Gasteiger partial charge in [-0.05, 0) is 31.5 Å². The summed E-state index contributed by atoms with van der Waals surface area (Å²) in [7, 11) is -0.962. The van der Waals surface area contributed by atoms with E-state index in [1.54, 1.807) is 0 Å². The fourth-order valence-corrected chi connectivity index (χ4v) is 3.27. The Kier molecular flexibility index (Phi) is 4.56. The van der Waals surface area contributed by atoms with Gasteiger partial charge in [0.05, 0.1) is 12.3 Å². The normalized spacial score (nSPS) is 12.6. The summed E-state index contributed by atoms with van der Waals surface area (Å²) in [6, 6.07) is 9.97. The first kappa shape index (κ1) is 14.0. The largest absolute Gasteiger partial charge is 0.464 e. The van der Waals surface area contributed by atoms with Crippen LogP contribution < -0.4 is 5.73 Å². The summed E-state index contributed by atoms with van der Waals surface area (Å²) < 4.78 is 17.6. The molecular weight excluding hydrogens is 258 g/mol. The summed E-state index contributed by atoms with van der Waals surface area (Å²) in [5.41, 5.74) is 9.00. The Bertz CT molecular complexity index is 569. The number of nitrogens with two attached hydrogens (primary N) is 1. The molecule has 1 atom stereocenters. The molecule has 0 aliphatic rings. The monoisotopic (exact) mass is 277 g/mol. The van der Waals surface area contributed by atoms with Gasteiger partial charge in [0, 0.05) is 16.6 Å². The lowest BCUT2D eigenvalue weighted by Gasteiger charge is -2.04. The van der Waals surface area contributed by atoms with Crippen LogP contribution in [0.1, 0.15) is 28.2 Å². The van der Waals surface area contributed by atoms with Crippen molar-refractivity contribution in [1.29, 1.82) is 0 Å². The first-order valence-corrected chi connectivity index (χ1v) is 7.75. The highest BCUT2D eigenvalue weighted by Gasteiger charge is 2.08. The first-order valence-electron chi connectivity index (χ1n) is 6.26. The quantitative estimate of drug-likeness (QED) is 0.914. The smallest absolute Gasteiger partial charge is 0.117 e. The molecule has 19 heavy (non-hydrogen) atoms. The number of hydrogen-bond acceptors (Lipinski definition) is 3. The Hall–Kier alpha value is -1.39. The van der Waals surface area contributed by atoms with Gasteiger partial charge in [-0.25, -0.2) is 0 Å². The second kappa shape index (κ2) is 6.17. The second-order valence-corrected chi connectivity index (χ2v) is 6.25. The van der Waals surface area contributed by atoms with Crippen LogP contribution in [-0.2, 0) is 28.9 Å². The molecule has 0 aliphatic carbocycles. The zero-order chi connectivity index (χ0) is 13.8. The minimum Gasteiger partial charge on any atom is -0.464 e. The fourth-order valence-electron chi connectivity index (χ4n) is 2.16. The average Bonchev–Trinajstić information content (AvgIpc) is 2.74. The van der Waals surface area contributed by atoms with Crippen LogP contribution in [-0.4, -0.2) is 4.21 Å². The van der Waals surface area contributed by atoms with Crippen LogP contribution in [0.3, 0.4) is 0 Å². The highest BCUT2D eigenvalue weighted by molar-refractivity contribution is 7.83. The van der Waals surface area contributed by atoms with Crippen molar-refractivity contribution in [3.63, 3.8) is 0 Å². The fraction of sp³-hybridized carbons (Fsp3) is 0.333. The van der Waals surface area contributed by atoms with E-state index >= 15 is 0 Å². The summed E-state index contributed by atoms with van der Waals surface area (Å²) in [6.45, 7) is 4.49. The topological polar surface area (TPSA) is 56.2 Å². The van der Waals surface area contributed by atoms with Crippen molar-refractivity contribution >= 4 is 10.8 Å². The van der Waals surface area contributed by atoms with E-state index in [4.69, 9.17) is 10.2 Å². The number of benzene rings is 1. The van der Waals surface area contributed by atoms with E-state index in [1.165, 1.54) is 11.1 Å². The molecule has 0 amide bonds. The van der Waals surface area contributed by atoms with Crippen molar-refractivity contribution in [2.24, 2.45) is 5.73 Å². The molecule has 102 valence electrons. The van der Waals surface area contributed by atoms with Crippen LogP contribution in [0.4, 0.5) is 0 Å². The van der Waals surface area contributed by atoms with E-state index in [1.807, 2.05) is 12.1 Å². The molecule has 2 N–H and O–H groups in total. The van der Waals surface area contributed by atoms with Gasteiger partial charge in [0.25, 0.3) is 0 Å². The predicted octanol–water partition coefficient (Wildman–Crippen LogP) is 2.80. The Morgan fingerprint density at radius 3 is 2.26 bits per heavy atom. The van der Waals surface area contributed by atoms with Gasteiger partial charge >= 0.3 is 0 Å². The Labute approximate surface area is 116 Å². The van der Waals surface area contributed by atoms with E-state index in [0.29, 0.717) is 18.1 Å². The SMILES string of the molecule is Cc1cc(C)cc(CS(=O)Cc2ccc(CN)o2)c1. The van der Waals surface area contributed by atoms with Crippen LogP contribution in [0, 0.1) is 13.8 Å². The van der Waals surface area contributed by atoms with Crippen LogP contribution in [0.15, 0.2) is 34.7 Å². The van der Waals surface area contributed by atoms with Crippen molar-refractivity contribution in [3.05, 3.63) is 58.5 Å². The summed E-state index contributed by atoms with van der Waals surface area (Å²) in [5, 5.41) is 0. The molecule has 0 radical (unpaired) electrons. The molecule has 0 fully saturated rings. The third-order valence-corrected chi connectivity index (χ3v) is 4.09.